The van der Waals surface area contributed by atoms with Crippen LogP contribution in [-0.4, -0.2) is 29.4 Å². The van der Waals surface area contributed by atoms with Crippen LogP contribution in [0.1, 0.15) is 0 Å². The first kappa shape index (κ1) is 9.70. The number of aliphatic hydroxyl groups is 2. The van der Waals surface area contributed by atoms with Gasteiger partial charge in [-0.3, -0.25) is 0 Å². The van der Waals surface area contributed by atoms with Crippen LogP contribution in [0.2, 0.25) is 0 Å². The van der Waals surface area contributed by atoms with Gasteiger partial charge in [0.15, 0.2) is 0 Å². The van der Waals surface area contributed by atoms with E-state index in [-0.39, 0.29) is 13.2 Å². The van der Waals surface area contributed by atoms with E-state index in [0.717, 1.165) is 0 Å². The van der Waals surface area contributed by atoms with Crippen LogP contribution in [0.4, 0.5) is 0 Å². The molecule has 4 nitrogen and oxygen atoms in total. The largest absolute Gasteiger partial charge is 0.423 e. The highest BCUT2D eigenvalue weighted by Gasteiger charge is 2.17. The fourth-order valence-electron chi connectivity index (χ4n) is 0.894. The molecule has 0 aromatic carbocycles. The molecule has 0 radical (unpaired) electrons. The molecule has 1 rings (SSSR count). The third-order valence-corrected chi connectivity index (χ3v) is 1.44. The van der Waals surface area contributed by atoms with E-state index < -0.39 is 5.97 Å². The topological polar surface area (TPSA) is 66.8 Å². The van der Waals surface area contributed by atoms with Gasteiger partial charge in [0.2, 0.25) is 0 Å². The fourth-order valence-corrected chi connectivity index (χ4v) is 0.894. The second kappa shape index (κ2) is 4.59. The fraction of sp³-hybridized carbons (Fsp3) is 0.222. The van der Waals surface area contributed by atoms with Crippen molar-refractivity contribution >= 4 is 5.97 Å². The Kier molecular flexibility index (Phi) is 3.42. The van der Waals surface area contributed by atoms with Gasteiger partial charge in [-0.1, -0.05) is 6.08 Å². The lowest BCUT2D eigenvalue weighted by molar-refractivity contribution is -0.132. The number of ether oxygens (including phenoxy) is 1. The van der Waals surface area contributed by atoms with E-state index in [2.05, 4.69) is 0 Å². The second-order valence-corrected chi connectivity index (χ2v) is 2.36. The van der Waals surface area contributed by atoms with E-state index in [0.29, 0.717) is 11.3 Å². The standard InChI is InChI=1S/C9H10O4/c10-4-1-2-7-6-8(3-5-11)13-9(7)12/h1-3,6,10-11H,4-5H2/b2-1+,8-3-. The van der Waals surface area contributed by atoms with Crippen LogP contribution in [0.5, 0.6) is 0 Å². The smallest absolute Gasteiger partial charge is 0.343 e. The molecule has 1 aliphatic heterocycles. The highest BCUT2D eigenvalue weighted by molar-refractivity contribution is 5.95. The molecule has 0 aromatic heterocycles. The first-order valence-electron chi connectivity index (χ1n) is 3.80. The lowest BCUT2D eigenvalue weighted by Gasteiger charge is -1.92. The van der Waals surface area contributed by atoms with Gasteiger partial charge in [0.25, 0.3) is 0 Å². The number of hydrogen-bond acceptors (Lipinski definition) is 4. The zero-order valence-electron chi connectivity index (χ0n) is 6.93. The first-order valence-corrected chi connectivity index (χ1v) is 3.80. The first-order chi connectivity index (χ1) is 6.27. The molecule has 70 valence electrons. The summed E-state index contributed by atoms with van der Waals surface area (Å²) < 4.78 is 4.75. The van der Waals surface area contributed by atoms with E-state index in [1.54, 1.807) is 0 Å². The number of rotatable bonds is 3. The van der Waals surface area contributed by atoms with Gasteiger partial charge in [0.1, 0.15) is 5.76 Å². The summed E-state index contributed by atoms with van der Waals surface area (Å²) in [7, 11) is 0. The summed E-state index contributed by atoms with van der Waals surface area (Å²) in [5, 5.41) is 17.0. The van der Waals surface area contributed by atoms with Gasteiger partial charge >= 0.3 is 5.97 Å². The average molecular weight is 182 g/mol. The highest BCUT2D eigenvalue weighted by atomic mass is 16.5. The maximum Gasteiger partial charge on any atom is 0.343 e. The number of allylic oxidation sites excluding steroid dienone is 1. The van der Waals surface area contributed by atoms with Gasteiger partial charge in [-0.05, 0) is 18.2 Å². The molecule has 1 aliphatic rings. The lowest BCUT2D eigenvalue weighted by Crippen LogP contribution is -1.96. The third kappa shape index (κ3) is 2.54. The number of carbonyl (C=O) groups is 1. The molecule has 0 amide bonds. The van der Waals surface area contributed by atoms with Gasteiger partial charge in [-0.25, -0.2) is 4.79 Å². The van der Waals surface area contributed by atoms with Crippen molar-refractivity contribution in [2.24, 2.45) is 0 Å². The minimum Gasteiger partial charge on any atom is -0.423 e. The lowest BCUT2D eigenvalue weighted by atomic mass is 10.2. The Morgan fingerprint density at radius 1 is 1.38 bits per heavy atom. The Morgan fingerprint density at radius 2 is 2.15 bits per heavy atom. The summed E-state index contributed by atoms with van der Waals surface area (Å²) in [5.74, 6) is -0.130. The minimum absolute atomic E-state index is 0.121. The van der Waals surface area contributed by atoms with Crippen LogP contribution < -0.4 is 0 Å². The quantitative estimate of drug-likeness (QED) is 0.598. The molecule has 0 saturated carbocycles. The molecule has 0 atom stereocenters. The van der Waals surface area contributed by atoms with Crippen LogP contribution in [0.3, 0.4) is 0 Å². The van der Waals surface area contributed by atoms with Crippen LogP contribution in [0, 0.1) is 0 Å². The van der Waals surface area contributed by atoms with Crippen molar-refractivity contribution in [3.05, 3.63) is 35.6 Å². The average Bonchev–Trinajstić information content (AvgIpc) is 2.44. The van der Waals surface area contributed by atoms with Crippen molar-refractivity contribution in [3.63, 3.8) is 0 Å². The molecule has 0 unspecified atom stereocenters. The zero-order valence-corrected chi connectivity index (χ0v) is 6.93. The number of carbonyl (C=O) groups excluding carboxylic acids is 1. The van der Waals surface area contributed by atoms with Gasteiger partial charge in [-0.2, -0.15) is 0 Å². The summed E-state index contributed by atoms with van der Waals surface area (Å²) in [5.41, 5.74) is 0.369. The molecule has 0 aromatic rings. The van der Waals surface area contributed by atoms with Gasteiger partial charge in [0.05, 0.1) is 18.8 Å². The summed E-state index contributed by atoms with van der Waals surface area (Å²) in [6.45, 7) is -0.292. The van der Waals surface area contributed by atoms with Crippen molar-refractivity contribution in [3.8, 4) is 0 Å². The Hall–Kier alpha value is -1.39. The van der Waals surface area contributed by atoms with Crippen molar-refractivity contribution in [2.75, 3.05) is 13.2 Å². The molecule has 2 N–H and O–H groups in total. The van der Waals surface area contributed by atoms with Crippen LogP contribution in [-0.2, 0) is 9.53 Å². The van der Waals surface area contributed by atoms with Gasteiger partial charge in [0, 0.05) is 0 Å². The third-order valence-electron chi connectivity index (χ3n) is 1.44. The van der Waals surface area contributed by atoms with Gasteiger partial charge in [-0.15, -0.1) is 0 Å². The molecule has 0 fully saturated rings. The van der Waals surface area contributed by atoms with Crippen LogP contribution >= 0.6 is 0 Å². The predicted octanol–water partition coefficient (Wildman–Crippen LogP) is -0.106. The molecular weight excluding hydrogens is 172 g/mol. The van der Waals surface area contributed by atoms with Crippen molar-refractivity contribution < 1.29 is 19.7 Å². The summed E-state index contributed by atoms with van der Waals surface area (Å²) >= 11 is 0. The second-order valence-electron chi connectivity index (χ2n) is 2.36. The number of aliphatic hydroxyl groups excluding tert-OH is 2. The summed E-state index contributed by atoms with van der Waals surface area (Å²) in [6.07, 6.45) is 5.80. The SMILES string of the molecule is O=C1O/C(=C\CO)C=C1/C=C/CO. The number of hydrogen-bond donors (Lipinski definition) is 2. The Balaban J connectivity index is 2.74. The van der Waals surface area contributed by atoms with E-state index in [9.17, 15) is 4.79 Å². The molecule has 4 heteroatoms. The van der Waals surface area contributed by atoms with Crippen LogP contribution in [0.15, 0.2) is 35.6 Å². The van der Waals surface area contributed by atoms with Gasteiger partial charge < -0.3 is 14.9 Å². The van der Waals surface area contributed by atoms with E-state index in [4.69, 9.17) is 14.9 Å². The van der Waals surface area contributed by atoms with Crippen molar-refractivity contribution in [1.82, 2.24) is 0 Å². The maximum absolute atomic E-state index is 11.0. The Labute approximate surface area is 75.4 Å². The molecular formula is C9H10O4. The zero-order chi connectivity index (χ0) is 9.68. The van der Waals surface area contributed by atoms with Crippen molar-refractivity contribution in [2.45, 2.75) is 0 Å². The molecule has 13 heavy (non-hydrogen) atoms. The van der Waals surface area contributed by atoms with E-state index >= 15 is 0 Å². The van der Waals surface area contributed by atoms with E-state index in [1.807, 2.05) is 0 Å². The molecule has 0 aliphatic carbocycles. The Morgan fingerprint density at radius 3 is 2.77 bits per heavy atom. The van der Waals surface area contributed by atoms with Crippen LogP contribution in [0.25, 0.3) is 0 Å². The highest BCUT2D eigenvalue weighted by Crippen LogP contribution is 2.17. The van der Waals surface area contributed by atoms with E-state index in [1.165, 1.54) is 24.3 Å². The molecule has 0 bridgehead atoms. The molecule has 0 saturated heterocycles. The Bertz CT molecular complexity index is 286. The summed E-state index contributed by atoms with van der Waals surface area (Å²) in [6, 6.07) is 0. The summed E-state index contributed by atoms with van der Waals surface area (Å²) in [4.78, 5) is 11.0. The number of cyclic esters (lactones) is 1. The predicted molar refractivity (Wildman–Crippen MR) is 45.6 cm³/mol. The minimum atomic E-state index is -0.468. The molecule has 1 heterocycles. The normalized spacial score (nSPS) is 19.7. The number of esters is 1. The van der Waals surface area contributed by atoms with Crippen molar-refractivity contribution in [1.29, 1.82) is 0 Å². The monoisotopic (exact) mass is 182 g/mol. The maximum atomic E-state index is 11.0. The molecule has 0 spiro atoms.